The van der Waals surface area contributed by atoms with Crippen LogP contribution < -0.4 is 5.73 Å². The zero-order valence-corrected chi connectivity index (χ0v) is 7.64. The van der Waals surface area contributed by atoms with Gasteiger partial charge in [0, 0.05) is 4.70 Å². The monoisotopic (exact) mass is 195 g/mol. The summed E-state index contributed by atoms with van der Waals surface area (Å²) in [7, 11) is 0. The topological polar surface area (TPSA) is 66.5 Å². The molecule has 0 bridgehead atoms. The Labute approximate surface area is 79.0 Å². The summed E-state index contributed by atoms with van der Waals surface area (Å²) in [6.07, 6.45) is 0. The lowest BCUT2D eigenvalue weighted by molar-refractivity contribution is 0.283. The van der Waals surface area contributed by atoms with E-state index in [1.54, 1.807) is 18.2 Å². The van der Waals surface area contributed by atoms with E-state index in [0.717, 1.165) is 15.6 Å². The van der Waals surface area contributed by atoms with Crippen molar-refractivity contribution in [2.75, 3.05) is 5.73 Å². The molecule has 3 nitrogen and oxygen atoms in total. The van der Waals surface area contributed by atoms with Gasteiger partial charge in [-0.25, -0.2) is 0 Å². The number of nitrogens with two attached hydrogens (primary N) is 1. The summed E-state index contributed by atoms with van der Waals surface area (Å²) in [5.41, 5.74) is 6.34. The molecule has 1 aromatic heterocycles. The minimum atomic E-state index is -0.0785. The van der Waals surface area contributed by atoms with Crippen molar-refractivity contribution in [3.63, 3.8) is 0 Å². The molecule has 2 rings (SSSR count). The maximum absolute atomic E-state index is 9.30. The number of hydrogen-bond donors (Lipinski definition) is 3. The Kier molecular flexibility index (Phi) is 1.86. The first-order valence-corrected chi connectivity index (χ1v) is 4.64. The number of aliphatic hydroxyl groups is 1. The Morgan fingerprint density at radius 1 is 1.31 bits per heavy atom. The summed E-state index contributed by atoms with van der Waals surface area (Å²) >= 11 is 1.42. The number of benzene rings is 1. The van der Waals surface area contributed by atoms with E-state index in [1.165, 1.54) is 11.3 Å². The van der Waals surface area contributed by atoms with Gasteiger partial charge in [0.05, 0.1) is 11.6 Å². The van der Waals surface area contributed by atoms with Crippen molar-refractivity contribution in [1.29, 1.82) is 0 Å². The number of nitrogen functional groups attached to an aromatic ring is 1. The van der Waals surface area contributed by atoms with Crippen LogP contribution >= 0.6 is 11.3 Å². The molecule has 0 aliphatic carbocycles. The Morgan fingerprint density at radius 2 is 2.08 bits per heavy atom. The number of rotatable bonds is 1. The van der Waals surface area contributed by atoms with Crippen molar-refractivity contribution >= 4 is 26.4 Å². The molecule has 0 spiro atoms. The molecule has 0 fully saturated rings. The smallest absolute Gasteiger partial charge is 0.116 e. The van der Waals surface area contributed by atoms with Crippen LogP contribution in [0.3, 0.4) is 0 Å². The second kappa shape index (κ2) is 2.90. The highest BCUT2D eigenvalue weighted by molar-refractivity contribution is 7.22. The Morgan fingerprint density at radius 3 is 2.77 bits per heavy atom. The quantitative estimate of drug-likeness (QED) is 0.648. The average molecular weight is 195 g/mol. The maximum Gasteiger partial charge on any atom is 0.116 e. The summed E-state index contributed by atoms with van der Waals surface area (Å²) in [6, 6.07) is 4.98. The third-order valence-corrected chi connectivity index (χ3v) is 2.92. The number of thiophene rings is 1. The highest BCUT2D eigenvalue weighted by Crippen LogP contribution is 2.33. The van der Waals surface area contributed by atoms with Crippen molar-refractivity contribution in [2.45, 2.75) is 6.61 Å². The average Bonchev–Trinajstić information content (AvgIpc) is 2.43. The predicted molar refractivity (Wildman–Crippen MR) is 53.8 cm³/mol. The zero-order chi connectivity index (χ0) is 9.42. The van der Waals surface area contributed by atoms with Crippen LogP contribution in [0.25, 0.3) is 10.1 Å². The minimum absolute atomic E-state index is 0.0785. The number of phenols is 1. The molecule has 4 heteroatoms. The van der Waals surface area contributed by atoms with Gasteiger partial charge >= 0.3 is 0 Å². The van der Waals surface area contributed by atoms with E-state index in [-0.39, 0.29) is 12.4 Å². The normalized spacial score (nSPS) is 10.8. The van der Waals surface area contributed by atoms with E-state index in [1.807, 2.05) is 0 Å². The van der Waals surface area contributed by atoms with Gasteiger partial charge in [-0.1, -0.05) is 0 Å². The molecule has 0 atom stereocenters. The highest BCUT2D eigenvalue weighted by Gasteiger charge is 2.05. The van der Waals surface area contributed by atoms with Gasteiger partial charge < -0.3 is 15.9 Å². The van der Waals surface area contributed by atoms with Gasteiger partial charge in [0.2, 0.25) is 0 Å². The van der Waals surface area contributed by atoms with Crippen molar-refractivity contribution in [2.24, 2.45) is 0 Å². The highest BCUT2D eigenvalue weighted by atomic mass is 32.1. The third-order valence-electron chi connectivity index (χ3n) is 1.87. The number of phenolic OH excluding ortho intramolecular Hbond substituents is 1. The molecule has 0 saturated carbocycles. The van der Waals surface area contributed by atoms with Crippen LogP contribution in [0.1, 0.15) is 5.56 Å². The number of hydrogen-bond acceptors (Lipinski definition) is 4. The first-order chi connectivity index (χ1) is 6.20. The fraction of sp³-hybridized carbons (Fsp3) is 0.111. The van der Waals surface area contributed by atoms with Gasteiger partial charge in [-0.2, -0.15) is 0 Å². The molecular formula is C9H9NO2S. The maximum atomic E-state index is 9.30. The van der Waals surface area contributed by atoms with E-state index in [2.05, 4.69) is 0 Å². The fourth-order valence-electron chi connectivity index (χ4n) is 1.35. The summed E-state index contributed by atoms with van der Waals surface area (Å²) in [6.45, 7) is -0.0785. The lowest BCUT2D eigenvalue weighted by atomic mass is 10.1. The zero-order valence-electron chi connectivity index (χ0n) is 6.82. The minimum Gasteiger partial charge on any atom is -0.508 e. The van der Waals surface area contributed by atoms with E-state index in [0.29, 0.717) is 5.00 Å². The lowest BCUT2D eigenvalue weighted by Crippen LogP contribution is -1.81. The fourth-order valence-corrected chi connectivity index (χ4v) is 2.26. The van der Waals surface area contributed by atoms with Crippen LogP contribution in [0.5, 0.6) is 5.75 Å². The molecule has 0 radical (unpaired) electrons. The number of anilines is 1. The Hall–Kier alpha value is -1.26. The number of aliphatic hydroxyl groups excluding tert-OH is 1. The molecule has 1 aromatic carbocycles. The SMILES string of the molecule is Nc1cc2cc(O)cc(CO)c2s1. The van der Waals surface area contributed by atoms with E-state index < -0.39 is 0 Å². The van der Waals surface area contributed by atoms with E-state index >= 15 is 0 Å². The first kappa shape index (κ1) is 8.34. The van der Waals surface area contributed by atoms with Crippen molar-refractivity contribution in [1.82, 2.24) is 0 Å². The van der Waals surface area contributed by atoms with Gasteiger partial charge in [-0.3, -0.25) is 0 Å². The molecule has 4 N–H and O–H groups in total. The van der Waals surface area contributed by atoms with Gasteiger partial charge in [0.25, 0.3) is 0 Å². The van der Waals surface area contributed by atoms with Crippen molar-refractivity contribution in [3.05, 3.63) is 23.8 Å². The largest absolute Gasteiger partial charge is 0.508 e. The Balaban J connectivity index is 2.80. The van der Waals surface area contributed by atoms with Crippen molar-refractivity contribution < 1.29 is 10.2 Å². The van der Waals surface area contributed by atoms with Gasteiger partial charge in [0.15, 0.2) is 0 Å². The molecule has 0 aliphatic heterocycles. The molecule has 0 unspecified atom stereocenters. The summed E-state index contributed by atoms with van der Waals surface area (Å²) in [5, 5.41) is 19.9. The van der Waals surface area contributed by atoms with E-state index in [4.69, 9.17) is 10.8 Å². The summed E-state index contributed by atoms with van der Waals surface area (Å²) < 4.78 is 0.942. The molecule has 13 heavy (non-hydrogen) atoms. The summed E-state index contributed by atoms with van der Waals surface area (Å²) in [5.74, 6) is 0.161. The molecule has 0 amide bonds. The van der Waals surface area contributed by atoms with Crippen molar-refractivity contribution in [3.8, 4) is 5.75 Å². The van der Waals surface area contributed by atoms with Crippen LogP contribution in [-0.2, 0) is 6.61 Å². The number of aromatic hydroxyl groups is 1. The lowest BCUT2D eigenvalue weighted by Gasteiger charge is -1.99. The second-order valence-corrected chi connectivity index (χ2v) is 3.91. The third kappa shape index (κ3) is 1.34. The van der Waals surface area contributed by atoms with Crippen LogP contribution in [0.2, 0.25) is 0 Å². The number of fused-ring (bicyclic) bond motifs is 1. The van der Waals surface area contributed by atoms with Crippen LogP contribution in [0.4, 0.5) is 5.00 Å². The van der Waals surface area contributed by atoms with Gasteiger partial charge in [0.1, 0.15) is 5.75 Å². The molecule has 1 heterocycles. The van der Waals surface area contributed by atoms with Crippen LogP contribution in [0.15, 0.2) is 18.2 Å². The molecule has 68 valence electrons. The summed E-state index contributed by atoms with van der Waals surface area (Å²) in [4.78, 5) is 0. The van der Waals surface area contributed by atoms with Crippen LogP contribution in [0, 0.1) is 0 Å². The van der Waals surface area contributed by atoms with Gasteiger partial charge in [-0.15, -0.1) is 11.3 Å². The van der Waals surface area contributed by atoms with Crippen LogP contribution in [-0.4, -0.2) is 10.2 Å². The van der Waals surface area contributed by atoms with Gasteiger partial charge in [-0.05, 0) is 29.1 Å². The van der Waals surface area contributed by atoms with E-state index in [9.17, 15) is 5.11 Å². The molecule has 0 aliphatic rings. The standard InChI is InChI=1S/C9H9NO2S/c10-8-3-5-1-7(12)2-6(4-11)9(5)13-8/h1-3,11-12H,4,10H2. The second-order valence-electron chi connectivity index (χ2n) is 2.83. The predicted octanol–water partition coefficient (Wildman–Crippen LogP) is 1.68. The molecule has 0 saturated heterocycles. The first-order valence-electron chi connectivity index (χ1n) is 3.82. The Bertz CT molecular complexity index is 450. The molecule has 2 aromatic rings. The molecular weight excluding hydrogens is 186 g/mol.